The smallest absolute Gasteiger partial charge is 0.233 e. The van der Waals surface area contributed by atoms with Crippen LogP contribution in [0, 0.1) is 0 Å². The Labute approximate surface area is 90.4 Å². The molecule has 0 aromatic rings. The number of piperidine rings is 1. The van der Waals surface area contributed by atoms with E-state index in [4.69, 9.17) is 0 Å². The highest BCUT2D eigenvalue weighted by atomic mass is 32.2. The molecule has 1 fully saturated rings. The summed E-state index contributed by atoms with van der Waals surface area (Å²) in [6.45, 7) is 6.10. The summed E-state index contributed by atoms with van der Waals surface area (Å²) in [7, 11) is 0. The van der Waals surface area contributed by atoms with E-state index in [1.165, 1.54) is 0 Å². The van der Waals surface area contributed by atoms with E-state index in [9.17, 15) is 4.79 Å². The van der Waals surface area contributed by atoms with Crippen molar-refractivity contribution in [1.29, 1.82) is 0 Å². The number of rotatable bonds is 3. The van der Waals surface area contributed by atoms with Gasteiger partial charge in [-0.1, -0.05) is 0 Å². The standard InChI is InChI=1S/C10H20N2OS/c1-8(14-3)9(13)12-10(2)4-6-11-7-5-10/h8,11H,4-7H2,1-3H3,(H,12,13). The van der Waals surface area contributed by atoms with Gasteiger partial charge in [-0.3, -0.25) is 4.79 Å². The van der Waals surface area contributed by atoms with Gasteiger partial charge in [0.05, 0.1) is 5.25 Å². The van der Waals surface area contributed by atoms with Crippen molar-refractivity contribution in [2.75, 3.05) is 19.3 Å². The summed E-state index contributed by atoms with van der Waals surface area (Å²) in [5, 5.41) is 6.50. The van der Waals surface area contributed by atoms with Crippen LogP contribution < -0.4 is 10.6 Å². The SMILES string of the molecule is CSC(C)C(=O)NC1(C)CCNCC1. The van der Waals surface area contributed by atoms with Gasteiger partial charge in [0.25, 0.3) is 0 Å². The number of nitrogens with one attached hydrogen (secondary N) is 2. The average Bonchev–Trinajstić information content (AvgIpc) is 2.17. The first-order chi connectivity index (χ1) is 6.57. The number of hydrogen-bond acceptors (Lipinski definition) is 3. The molecule has 1 saturated heterocycles. The Hall–Kier alpha value is -0.220. The molecule has 0 bridgehead atoms. The van der Waals surface area contributed by atoms with Gasteiger partial charge in [0.15, 0.2) is 0 Å². The topological polar surface area (TPSA) is 41.1 Å². The number of amides is 1. The molecule has 1 amide bonds. The van der Waals surface area contributed by atoms with Crippen LogP contribution in [0.15, 0.2) is 0 Å². The molecule has 0 radical (unpaired) electrons. The normalized spacial score (nSPS) is 22.8. The minimum Gasteiger partial charge on any atom is -0.350 e. The Kier molecular flexibility index (Phi) is 4.26. The molecule has 0 aromatic heterocycles. The van der Waals surface area contributed by atoms with Gasteiger partial charge in [0, 0.05) is 5.54 Å². The minimum absolute atomic E-state index is 0.00627. The largest absolute Gasteiger partial charge is 0.350 e. The number of hydrogen-bond donors (Lipinski definition) is 2. The Balaban J connectivity index is 2.44. The molecule has 14 heavy (non-hydrogen) atoms. The zero-order chi connectivity index (χ0) is 10.6. The lowest BCUT2D eigenvalue weighted by Gasteiger charge is -2.35. The van der Waals surface area contributed by atoms with Crippen molar-refractivity contribution in [2.45, 2.75) is 37.5 Å². The maximum Gasteiger partial charge on any atom is 0.233 e. The Bertz CT molecular complexity index is 202. The molecule has 0 aromatic carbocycles. The molecule has 0 saturated carbocycles. The van der Waals surface area contributed by atoms with Crippen LogP contribution in [0.4, 0.5) is 0 Å². The van der Waals surface area contributed by atoms with Crippen LogP contribution in [0.3, 0.4) is 0 Å². The minimum atomic E-state index is 0.00627. The molecule has 1 heterocycles. The van der Waals surface area contributed by atoms with Gasteiger partial charge in [-0.15, -0.1) is 0 Å². The van der Waals surface area contributed by atoms with Gasteiger partial charge in [0.2, 0.25) is 5.91 Å². The predicted molar refractivity (Wildman–Crippen MR) is 61.6 cm³/mol. The second-order valence-electron chi connectivity index (χ2n) is 4.18. The van der Waals surface area contributed by atoms with Crippen LogP contribution >= 0.6 is 11.8 Å². The predicted octanol–water partition coefficient (Wildman–Crippen LogP) is 0.996. The fraction of sp³-hybridized carbons (Fsp3) is 0.900. The van der Waals surface area contributed by atoms with Crippen LogP contribution in [0.1, 0.15) is 26.7 Å². The first kappa shape index (κ1) is 11.9. The number of carbonyl (C=O) groups excluding carboxylic acids is 1. The lowest BCUT2D eigenvalue weighted by molar-refractivity contribution is -0.122. The van der Waals surface area contributed by atoms with E-state index in [0.717, 1.165) is 25.9 Å². The molecule has 0 spiro atoms. The maximum atomic E-state index is 11.7. The lowest BCUT2D eigenvalue weighted by Crippen LogP contribution is -2.53. The van der Waals surface area contributed by atoms with Gasteiger partial charge in [-0.2, -0.15) is 11.8 Å². The zero-order valence-electron chi connectivity index (χ0n) is 9.22. The Morgan fingerprint density at radius 3 is 2.57 bits per heavy atom. The summed E-state index contributed by atoms with van der Waals surface area (Å²) in [4.78, 5) is 11.7. The molecule has 0 aliphatic carbocycles. The molecule has 82 valence electrons. The first-order valence-electron chi connectivity index (χ1n) is 5.13. The van der Waals surface area contributed by atoms with Crippen molar-refractivity contribution in [3.63, 3.8) is 0 Å². The molecular formula is C10H20N2OS. The third kappa shape index (κ3) is 3.17. The average molecular weight is 216 g/mol. The van der Waals surface area contributed by atoms with E-state index in [-0.39, 0.29) is 16.7 Å². The van der Waals surface area contributed by atoms with Crippen molar-refractivity contribution in [1.82, 2.24) is 10.6 Å². The van der Waals surface area contributed by atoms with E-state index in [2.05, 4.69) is 17.6 Å². The van der Waals surface area contributed by atoms with E-state index in [1.807, 2.05) is 13.2 Å². The van der Waals surface area contributed by atoms with Gasteiger partial charge < -0.3 is 10.6 Å². The zero-order valence-corrected chi connectivity index (χ0v) is 10.0. The quantitative estimate of drug-likeness (QED) is 0.739. The number of carbonyl (C=O) groups is 1. The fourth-order valence-electron chi connectivity index (χ4n) is 1.61. The van der Waals surface area contributed by atoms with Crippen LogP contribution in [-0.4, -0.2) is 36.0 Å². The second-order valence-corrected chi connectivity index (χ2v) is 5.36. The highest BCUT2D eigenvalue weighted by Crippen LogP contribution is 2.18. The molecular weight excluding hydrogens is 196 g/mol. The highest BCUT2D eigenvalue weighted by Gasteiger charge is 2.29. The fourth-order valence-corrected chi connectivity index (χ4v) is 1.88. The van der Waals surface area contributed by atoms with Crippen molar-refractivity contribution in [3.8, 4) is 0 Å². The molecule has 1 atom stereocenters. The van der Waals surface area contributed by atoms with E-state index in [0.29, 0.717) is 0 Å². The third-order valence-corrected chi connectivity index (χ3v) is 3.78. The number of thioether (sulfide) groups is 1. The summed E-state index contributed by atoms with van der Waals surface area (Å²) in [6, 6.07) is 0. The molecule has 3 nitrogen and oxygen atoms in total. The van der Waals surface area contributed by atoms with Crippen molar-refractivity contribution >= 4 is 17.7 Å². The summed E-state index contributed by atoms with van der Waals surface area (Å²) >= 11 is 1.59. The van der Waals surface area contributed by atoms with E-state index >= 15 is 0 Å². The molecule has 1 unspecified atom stereocenters. The Morgan fingerprint density at radius 2 is 2.07 bits per heavy atom. The van der Waals surface area contributed by atoms with Crippen molar-refractivity contribution < 1.29 is 4.79 Å². The molecule has 1 aliphatic heterocycles. The van der Waals surface area contributed by atoms with Crippen molar-refractivity contribution in [2.24, 2.45) is 0 Å². The summed E-state index contributed by atoms with van der Waals surface area (Å²) in [5.74, 6) is 0.168. The van der Waals surface area contributed by atoms with E-state index in [1.54, 1.807) is 11.8 Å². The van der Waals surface area contributed by atoms with Crippen molar-refractivity contribution in [3.05, 3.63) is 0 Å². The van der Waals surface area contributed by atoms with Crippen LogP contribution in [0.25, 0.3) is 0 Å². The first-order valence-corrected chi connectivity index (χ1v) is 6.42. The van der Waals surface area contributed by atoms with Crippen LogP contribution in [0.5, 0.6) is 0 Å². The summed E-state index contributed by atoms with van der Waals surface area (Å²) in [6.07, 6.45) is 4.02. The van der Waals surface area contributed by atoms with Crippen LogP contribution in [0.2, 0.25) is 0 Å². The molecule has 4 heteroatoms. The molecule has 2 N–H and O–H groups in total. The van der Waals surface area contributed by atoms with Gasteiger partial charge in [-0.05, 0) is 46.0 Å². The molecule has 1 aliphatic rings. The third-order valence-electron chi connectivity index (χ3n) is 2.85. The lowest BCUT2D eigenvalue weighted by atomic mass is 9.90. The van der Waals surface area contributed by atoms with Gasteiger partial charge in [-0.25, -0.2) is 0 Å². The van der Waals surface area contributed by atoms with E-state index < -0.39 is 0 Å². The summed E-state index contributed by atoms with van der Waals surface area (Å²) < 4.78 is 0. The van der Waals surface area contributed by atoms with Gasteiger partial charge >= 0.3 is 0 Å². The highest BCUT2D eigenvalue weighted by molar-refractivity contribution is 7.99. The molecule has 1 rings (SSSR count). The Morgan fingerprint density at radius 1 is 1.50 bits per heavy atom. The van der Waals surface area contributed by atoms with Crippen LogP contribution in [-0.2, 0) is 4.79 Å². The van der Waals surface area contributed by atoms with Gasteiger partial charge in [0.1, 0.15) is 0 Å². The second kappa shape index (κ2) is 5.03. The summed E-state index contributed by atoms with van der Waals surface area (Å²) in [5.41, 5.74) is 0.00627. The monoisotopic (exact) mass is 216 g/mol. The maximum absolute atomic E-state index is 11.7.